The predicted molar refractivity (Wildman–Crippen MR) is 53.3 cm³/mol. The van der Waals surface area contributed by atoms with Crippen molar-refractivity contribution < 1.29 is 0 Å². The van der Waals surface area contributed by atoms with Crippen LogP contribution in [0.15, 0.2) is 12.7 Å². The third-order valence-corrected chi connectivity index (χ3v) is 2.39. The molecule has 0 aromatic heterocycles. The molecule has 1 fully saturated rings. The second kappa shape index (κ2) is 5.74. The van der Waals surface area contributed by atoms with Crippen molar-refractivity contribution in [1.82, 2.24) is 9.80 Å². The average Bonchev–Trinajstić information content (AvgIpc) is 2.17. The average molecular weight is 179 g/mol. The van der Waals surface area contributed by atoms with Crippen molar-refractivity contribution in [3.8, 4) is 6.07 Å². The van der Waals surface area contributed by atoms with Gasteiger partial charge < -0.3 is 0 Å². The highest BCUT2D eigenvalue weighted by Gasteiger charge is 2.14. The molecule has 72 valence electrons. The fraction of sp³-hybridized carbons (Fsp3) is 0.700. The summed E-state index contributed by atoms with van der Waals surface area (Å²) in [5, 5.41) is 8.43. The predicted octanol–water partition coefficient (Wildman–Crippen LogP) is 0.704. The largest absolute Gasteiger partial charge is 0.300 e. The molecule has 0 N–H and O–H groups in total. The molecule has 0 bridgehead atoms. The normalized spacial score (nSPS) is 19.6. The number of hydrogen-bond acceptors (Lipinski definition) is 3. The summed E-state index contributed by atoms with van der Waals surface area (Å²) in [5.41, 5.74) is 0. The summed E-state index contributed by atoms with van der Waals surface area (Å²) in [4.78, 5) is 4.73. The van der Waals surface area contributed by atoms with Gasteiger partial charge in [0.15, 0.2) is 0 Å². The summed E-state index contributed by atoms with van der Waals surface area (Å²) >= 11 is 0. The van der Waals surface area contributed by atoms with Crippen LogP contribution in [-0.4, -0.2) is 49.1 Å². The van der Waals surface area contributed by atoms with Gasteiger partial charge in [0.2, 0.25) is 0 Å². The fourth-order valence-electron chi connectivity index (χ4n) is 1.59. The molecule has 1 saturated heterocycles. The number of nitriles is 1. The minimum Gasteiger partial charge on any atom is -0.300 e. The Kier molecular flexibility index (Phi) is 4.52. The van der Waals surface area contributed by atoms with Gasteiger partial charge in [-0.1, -0.05) is 6.08 Å². The molecular weight excluding hydrogens is 162 g/mol. The summed E-state index contributed by atoms with van der Waals surface area (Å²) < 4.78 is 0. The monoisotopic (exact) mass is 179 g/mol. The molecule has 1 aliphatic heterocycles. The second-order valence-corrected chi connectivity index (χ2v) is 3.34. The number of nitrogens with zero attached hydrogens (tertiary/aromatic N) is 3. The molecule has 0 atom stereocenters. The van der Waals surface area contributed by atoms with Gasteiger partial charge in [0.05, 0.1) is 6.07 Å². The lowest BCUT2D eigenvalue weighted by Crippen LogP contribution is -2.46. The molecule has 3 nitrogen and oxygen atoms in total. The molecule has 1 aliphatic rings. The summed E-state index contributed by atoms with van der Waals surface area (Å²) in [6.45, 7) is 10.0. The Labute approximate surface area is 80.2 Å². The smallest absolute Gasteiger partial charge is 0.0635 e. The Balaban J connectivity index is 2.15. The van der Waals surface area contributed by atoms with Gasteiger partial charge in [-0.3, -0.25) is 9.80 Å². The Morgan fingerprint density at radius 2 is 1.85 bits per heavy atom. The molecular formula is C10H17N3. The third-order valence-electron chi connectivity index (χ3n) is 2.39. The Bertz CT molecular complexity index is 187. The van der Waals surface area contributed by atoms with Crippen LogP contribution >= 0.6 is 0 Å². The Hall–Kier alpha value is -0.850. The van der Waals surface area contributed by atoms with Crippen molar-refractivity contribution in [2.45, 2.75) is 6.42 Å². The van der Waals surface area contributed by atoms with E-state index in [4.69, 9.17) is 5.26 Å². The standard InChI is InChI=1S/C10H17N3/c1-2-5-12-7-9-13(10-8-12)6-3-4-11/h2H,1,3,5-10H2. The van der Waals surface area contributed by atoms with Crippen LogP contribution in [0, 0.1) is 11.3 Å². The molecule has 3 heteroatoms. The third kappa shape index (κ3) is 3.58. The minimum atomic E-state index is 0.654. The quantitative estimate of drug-likeness (QED) is 0.595. The van der Waals surface area contributed by atoms with E-state index in [9.17, 15) is 0 Å². The van der Waals surface area contributed by atoms with Gasteiger partial charge in [-0.25, -0.2) is 0 Å². The lowest BCUT2D eigenvalue weighted by Gasteiger charge is -2.33. The number of hydrogen-bond donors (Lipinski definition) is 0. The van der Waals surface area contributed by atoms with E-state index in [1.165, 1.54) is 0 Å². The van der Waals surface area contributed by atoms with Crippen LogP contribution in [0.1, 0.15) is 6.42 Å². The lowest BCUT2D eigenvalue weighted by molar-refractivity contribution is 0.145. The van der Waals surface area contributed by atoms with E-state index in [-0.39, 0.29) is 0 Å². The topological polar surface area (TPSA) is 30.3 Å². The van der Waals surface area contributed by atoms with Gasteiger partial charge in [-0.15, -0.1) is 6.58 Å². The molecule has 0 unspecified atom stereocenters. The van der Waals surface area contributed by atoms with Gasteiger partial charge in [-0.2, -0.15) is 5.26 Å². The van der Waals surface area contributed by atoms with Crippen molar-refractivity contribution in [2.24, 2.45) is 0 Å². The maximum Gasteiger partial charge on any atom is 0.0635 e. The van der Waals surface area contributed by atoms with Gasteiger partial charge in [0.25, 0.3) is 0 Å². The molecule has 0 spiro atoms. The van der Waals surface area contributed by atoms with Crippen LogP contribution in [0.5, 0.6) is 0 Å². The van der Waals surface area contributed by atoms with E-state index in [1.54, 1.807) is 0 Å². The SMILES string of the molecule is C=CCN1CCN(CCC#N)CC1. The van der Waals surface area contributed by atoms with E-state index < -0.39 is 0 Å². The van der Waals surface area contributed by atoms with Gasteiger partial charge >= 0.3 is 0 Å². The Morgan fingerprint density at radius 3 is 2.38 bits per heavy atom. The zero-order valence-electron chi connectivity index (χ0n) is 8.08. The maximum absolute atomic E-state index is 8.43. The first-order valence-electron chi connectivity index (χ1n) is 4.79. The molecule has 0 amide bonds. The fourth-order valence-corrected chi connectivity index (χ4v) is 1.59. The number of piperazine rings is 1. The zero-order valence-corrected chi connectivity index (χ0v) is 8.08. The highest BCUT2D eigenvalue weighted by Crippen LogP contribution is 2.01. The van der Waals surface area contributed by atoms with Crippen LogP contribution in [0.25, 0.3) is 0 Å². The molecule has 1 heterocycles. The first-order chi connectivity index (χ1) is 6.36. The summed E-state index contributed by atoms with van der Waals surface area (Å²) in [6.07, 6.45) is 2.60. The molecule has 0 radical (unpaired) electrons. The van der Waals surface area contributed by atoms with E-state index in [0.717, 1.165) is 39.3 Å². The Morgan fingerprint density at radius 1 is 1.23 bits per heavy atom. The lowest BCUT2D eigenvalue weighted by atomic mass is 10.3. The maximum atomic E-state index is 8.43. The molecule has 13 heavy (non-hydrogen) atoms. The van der Waals surface area contributed by atoms with Crippen molar-refractivity contribution in [1.29, 1.82) is 5.26 Å². The molecule has 0 saturated carbocycles. The summed E-state index contributed by atoms with van der Waals surface area (Å²) in [6, 6.07) is 2.18. The first-order valence-corrected chi connectivity index (χ1v) is 4.79. The van der Waals surface area contributed by atoms with E-state index in [2.05, 4.69) is 22.4 Å². The van der Waals surface area contributed by atoms with E-state index in [0.29, 0.717) is 6.42 Å². The van der Waals surface area contributed by atoms with Gasteiger partial charge in [0.1, 0.15) is 0 Å². The van der Waals surface area contributed by atoms with Gasteiger partial charge in [-0.05, 0) is 0 Å². The van der Waals surface area contributed by atoms with Crippen molar-refractivity contribution in [3.05, 3.63) is 12.7 Å². The molecule has 1 rings (SSSR count). The highest BCUT2D eigenvalue weighted by molar-refractivity contribution is 4.80. The molecule has 0 aromatic rings. The van der Waals surface area contributed by atoms with Gasteiger partial charge in [0, 0.05) is 45.7 Å². The number of rotatable bonds is 4. The first kappa shape index (κ1) is 10.2. The van der Waals surface area contributed by atoms with Crippen molar-refractivity contribution in [2.75, 3.05) is 39.3 Å². The zero-order chi connectivity index (χ0) is 9.52. The van der Waals surface area contributed by atoms with Crippen LogP contribution in [0.4, 0.5) is 0 Å². The highest BCUT2D eigenvalue weighted by atomic mass is 15.3. The van der Waals surface area contributed by atoms with Crippen LogP contribution in [-0.2, 0) is 0 Å². The summed E-state index contributed by atoms with van der Waals surface area (Å²) in [7, 11) is 0. The molecule has 0 aromatic carbocycles. The minimum absolute atomic E-state index is 0.654. The van der Waals surface area contributed by atoms with Crippen LogP contribution in [0.2, 0.25) is 0 Å². The second-order valence-electron chi connectivity index (χ2n) is 3.34. The van der Waals surface area contributed by atoms with E-state index in [1.807, 2.05) is 6.08 Å². The van der Waals surface area contributed by atoms with E-state index >= 15 is 0 Å². The van der Waals surface area contributed by atoms with Crippen LogP contribution in [0.3, 0.4) is 0 Å². The summed E-state index contributed by atoms with van der Waals surface area (Å²) in [5.74, 6) is 0. The van der Waals surface area contributed by atoms with Crippen molar-refractivity contribution in [3.63, 3.8) is 0 Å². The van der Waals surface area contributed by atoms with Crippen LogP contribution < -0.4 is 0 Å². The molecule has 0 aliphatic carbocycles. The van der Waals surface area contributed by atoms with Crippen molar-refractivity contribution >= 4 is 0 Å².